The Morgan fingerprint density at radius 1 is 1.04 bits per heavy atom. The van der Waals surface area contributed by atoms with Crippen molar-refractivity contribution in [3.05, 3.63) is 65.7 Å². The molecule has 0 fully saturated rings. The fourth-order valence-electron chi connectivity index (χ4n) is 2.91. The molecule has 0 saturated heterocycles. The van der Waals surface area contributed by atoms with E-state index in [-0.39, 0.29) is 5.97 Å². The van der Waals surface area contributed by atoms with Crippen LogP contribution in [0.25, 0.3) is 0 Å². The van der Waals surface area contributed by atoms with E-state index in [1.54, 1.807) is 0 Å². The highest BCUT2D eigenvalue weighted by Gasteiger charge is 2.10. The van der Waals surface area contributed by atoms with Gasteiger partial charge < -0.3 is 14.8 Å². The molecular weight excluding hydrogens is 326 g/mol. The third-order valence-electron chi connectivity index (χ3n) is 4.32. The summed E-state index contributed by atoms with van der Waals surface area (Å²) in [4.78, 5) is 11.1. The zero-order chi connectivity index (χ0) is 18.8. The maximum absolute atomic E-state index is 11.1. The predicted octanol–water partition coefficient (Wildman–Crippen LogP) is 4.30. The van der Waals surface area contributed by atoms with Gasteiger partial charge in [0.2, 0.25) is 0 Å². The van der Waals surface area contributed by atoms with E-state index in [1.807, 2.05) is 18.2 Å². The van der Waals surface area contributed by atoms with Crippen molar-refractivity contribution in [2.75, 3.05) is 13.7 Å². The van der Waals surface area contributed by atoms with Crippen LogP contribution in [0.1, 0.15) is 43.9 Å². The lowest BCUT2D eigenvalue weighted by molar-refractivity contribution is -0.140. The van der Waals surface area contributed by atoms with Crippen molar-refractivity contribution in [2.45, 2.75) is 45.2 Å². The Hall–Kier alpha value is -2.33. The normalized spacial score (nSPS) is 13.0. The minimum atomic E-state index is -0.199. The van der Waals surface area contributed by atoms with E-state index in [0.29, 0.717) is 31.5 Å². The second kappa shape index (κ2) is 10.6. The average molecular weight is 355 g/mol. The molecule has 0 heterocycles. The quantitative estimate of drug-likeness (QED) is 0.510. The molecule has 0 bridgehead atoms. The van der Waals surface area contributed by atoms with E-state index in [9.17, 15) is 4.79 Å². The van der Waals surface area contributed by atoms with Crippen molar-refractivity contribution in [1.29, 1.82) is 0 Å². The van der Waals surface area contributed by atoms with Crippen LogP contribution in [0, 0.1) is 0 Å². The van der Waals surface area contributed by atoms with E-state index in [0.717, 1.165) is 12.2 Å². The number of ether oxygens (including phenoxy) is 2. The summed E-state index contributed by atoms with van der Waals surface area (Å²) in [7, 11) is 1.40. The molecule has 2 aromatic rings. The number of carbonyl (C=O) groups excluding carboxylic acids is 1. The van der Waals surface area contributed by atoms with Gasteiger partial charge in [-0.05, 0) is 49.9 Å². The minimum absolute atomic E-state index is 0.199. The number of nitrogens with one attached hydrogen (secondary N) is 1. The van der Waals surface area contributed by atoms with Gasteiger partial charge in [0, 0.05) is 18.5 Å². The molecule has 2 atom stereocenters. The molecule has 0 unspecified atom stereocenters. The molecule has 0 amide bonds. The van der Waals surface area contributed by atoms with Gasteiger partial charge in [-0.25, -0.2) is 0 Å². The van der Waals surface area contributed by atoms with Crippen LogP contribution in [-0.2, 0) is 16.0 Å². The van der Waals surface area contributed by atoms with E-state index in [4.69, 9.17) is 4.74 Å². The Labute approximate surface area is 156 Å². The van der Waals surface area contributed by atoms with Gasteiger partial charge in [-0.3, -0.25) is 4.79 Å². The van der Waals surface area contributed by atoms with Crippen molar-refractivity contribution in [3.8, 4) is 5.75 Å². The maximum Gasteiger partial charge on any atom is 0.305 e. The van der Waals surface area contributed by atoms with E-state index < -0.39 is 0 Å². The summed E-state index contributed by atoms with van der Waals surface area (Å²) in [6.45, 7) is 4.91. The molecule has 4 heteroatoms. The summed E-state index contributed by atoms with van der Waals surface area (Å²) < 4.78 is 10.3. The molecule has 0 saturated carbocycles. The monoisotopic (exact) mass is 355 g/mol. The maximum atomic E-state index is 11.1. The number of hydrogen-bond acceptors (Lipinski definition) is 4. The van der Waals surface area contributed by atoms with Crippen molar-refractivity contribution >= 4 is 5.97 Å². The molecule has 26 heavy (non-hydrogen) atoms. The highest BCUT2D eigenvalue weighted by molar-refractivity contribution is 5.69. The summed E-state index contributed by atoms with van der Waals surface area (Å²) in [6, 6.07) is 19.3. The molecule has 0 aliphatic carbocycles. The average Bonchev–Trinajstić information content (AvgIpc) is 2.66. The lowest BCUT2D eigenvalue weighted by Crippen LogP contribution is -2.30. The summed E-state index contributed by atoms with van der Waals surface area (Å²) in [5.41, 5.74) is 2.57. The van der Waals surface area contributed by atoms with Gasteiger partial charge >= 0.3 is 5.97 Å². The smallest absolute Gasteiger partial charge is 0.305 e. The predicted molar refractivity (Wildman–Crippen MR) is 104 cm³/mol. The molecular formula is C22H29NO3. The van der Waals surface area contributed by atoms with Gasteiger partial charge in [0.15, 0.2) is 0 Å². The molecule has 2 aromatic carbocycles. The number of methoxy groups -OCH3 is 1. The van der Waals surface area contributed by atoms with Crippen LogP contribution in [0.15, 0.2) is 54.6 Å². The lowest BCUT2D eigenvalue weighted by Gasteiger charge is -2.20. The van der Waals surface area contributed by atoms with Gasteiger partial charge in [-0.15, -0.1) is 0 Å². The van der Waals surface area contributed by atoms with Crippen LogP contribution >= 0.6 is 0 Å². The first-order valence-corrected chi connectivity index (χ1v) is 9.18. The Morgan fingerprint density at radius 2 is 1.73 bits per heavy atom. The Morgan fingerprint density at radius 3 is 2.38 bits per heavy atom. The molecule has 2 rings (SSSR count). The Kier molecular flexibility index (Phi) is 8.16. The zero-order valence-electron chi connectivity index (χ0n) is 15.9. The zero-order valence-corrected chi connectivity index (χ0v) is 15.9. The molecule has 0 spiro atoms. The van der Waals surface area contributed by atoms with Crippen molar-refractivity contribution in [3.63, 3.8) is 0 Å². The lowest BCUT2D eigenvalue weighted by atomic mass is 10.0. The largest absolute Gasteiger partial charge is 0.494 e. The Bertz CT molecular complexity index is 655. The highest BCUT2D eigenvalue weighted by Crippen LogP contribution is 2.16. The standard InChI is InChI=1S/C22H29NO3/c1-17(23-18(2)20-8-5-4-6-9-20)16-19-11-13-21(14-12-19)26-15-7-10-22(24)25-3/h4-6,8-9,11-14,17-18,23H,7,10,15-16H2,1-3H3/t17-,18-/m1/s1. The molecule has 1 N–H and O–H groups in total. The van der Waals surface area contributed by atoms with Crippen LogP contribution in [0.5, 0.6) is 5.75 Å². The number of esters is 1. The molecule has 140 valence electrons. The second-order valence-corrected chi connectivity index (χ2v) is 6.58. The molecule has 0 aliphatic heterocycles. The van der Waals surface area contributed by atoms with Gasteiger partial charge in [0.25, 0.3) is 0 Å². The topological polar surface area (TPSA) is 47.6 Å². The summed E-state index contributed by atoms with van der Waals surface area (Å²) in [5, 5.41) is 3.64. The molecule has 4 nitrogen and oxygen atoms in total. The SMILES string of the molecule is COC(=O)CCCOc1ccc(C[C@@H](C)N[C@H](C)c2ccccc2)cc1. The van der Waals surface area contributed by atoms with Gasteiger partial charge in [-0.2, -0.15) is 0 Å². The van der Waals surface area contributed by atoms with Gasteiger partial charge in [0.05, 0.1) is 13.7 Å². The molecule has 0 aromatic heterocycles. The number of benzene rings is 2. The second-order valence-electron chi connectivity index (χ2n) is 6.58. The third kappa shape index (κ3) is 6.89. The third-order valence-corrected chi connectivity index (χ3v) is 4.32. The van der Waals surface area contributed by atoms with E-state index >= 15 is 0 Å². The van der Waals surface area contributed by atoms with Crippen LogP contribution in [-0.4, -0.2) is 25.7 Å². The first-order valence-electron chi connectivity index (χ1n) is 9.18. The highest BCUT2D eigenvalue weighted by atomic mass is 16.5. The van der Waals surface area contributed by atoms with Crippen molar-refractivity contribution in [2.24, 2.45) is 0 Å². The fraction of sp³-hybridized carbons (Fsp3) is 0.409. The first-order chi connectivity index (χ1) is 12.6. The summed E-state index contributed by atoms with van der Waals surface area (Å²) in [5.74, 6) is 0.632. The van der Waals surface area contributed by atoms with Crippen LogP contribution < -0.4 is 10.1 Å². The van der Waals surface area contributed by atoms with Gasteiger partial charge in [0.1, 0.15) is 5.75 Å². The number of rotatable bonds is 10. The van der Waals surface area contributed by atoms with Crippen molar-refractivity contribution in [1.82, 2.24) is 5.32 Å². The number of carbonyl (C=O) groups is 1. The first kappa shape index (κ1) is 20.0. The van der Waals surface area contributed by atoms with Crippen molar-refractivity contribution < 1.29 is 14.3 Å². The van der Waals surface area contributed by atoms with Crippen LogP contribution in [0.4, 0.5) is 0 Å². The fourth-order valence-corrected chi connectivity index (χ4v) is 2.91. The molecule has 0 radical (unpaired) electrons. The van der Waals surface area contributed by atoms with Crippen LogP contribution in [0.2, 0.25) is 0 Å². The molecule has 0 aliphatic rings. The van der Waals surface area contributed by atoms with E-state index in [1.165, 1.54) is 18.2 Å². The minimum Gasteiger partial charge on any atom is -0.494 e. The van der Waals surface area contributed by atoms with E-state index in [2.05, 4.69) is 60.3 Å². The Balaban J connectivity index is 1.74. The summed E-state index contributed by atoms with van der Waals surface area (Å²) in [6.07, 6.45) is 2.00. The summed E-state index contributed by atoms with van der Waals surface area (Å²) >= 11 is 0. The number of hydrogen-bond donors (Lipinski definition) is 1. The van der Waals surface area contributed by atoms with Gasteiger partial charge in [-0.1, -0.05) is 42.5 Å². The van der Waals surface area contributed by atoms with Crippen LogP contribution in [0.3, 0.4) is 0 Å².